The number of nitrogens with zero attached hydrogens (tertiary/aromatic N) is 5. The van der Waals surface area contributed by atoms with Gasteiger partial charge in [-0.1, -0.05) is 6.92 Å². The van der Waals surface area contributed by atoms with E-state index in [0.29, 0.717) is 30.5 Å². The van der Waals surface area contributed by atoms with Crippen LogP contribution in [0, 0.1) is 5.92 Å². The summed E-state index contributed by atoms with van der Waals surface area (Å²) in [5.74, 6) is 0.756. The molecule has 2 aromatic heterocycles. The third-order valence-electron chi connectivity index (χ3n) is 3.79. The van der Waals surface area contributed by atoms with Gasteiger partial charge in [0, 0.05) is 13.1 Å². The lowest BCUT2D eigenvalue weighted by Gasteiger charge is -2.16. The van der Waals surface area contributed by atoms with E-state index in [-0.39, 0.29) is 6.10 Å². The van der Waals surface area contributed by atoms with Crippen molar-refractivity contribution in [2.75, 3.05) is 18.8 Å². The Morgan fingerprint density at radius 2 is 2.21 bits per heavy atom. The van der Waals surface area contributed by atoms with Gasteiger partial charge in [0.05, 0.1) is 19.1 Å². The van der Waals surface area contributed by atoms with Crippen molar-refractivity contribution in [3.8, 4) is 0 Å². The lowest BCUT2D eigenvalue weighted by Crippen LogP contribution is -2.24. The van der Waals surface area contributed by atoms with E-state index in [1.807, 2.05) is 4.57 Å². The molecular weight excluding hydrogens is 244 g/mol. The van der Waals surface area contributed by atoms with Crippen LogP contribution in [0.1, 0.15) is 13.3 Å². The van der Waals surface area contributed by atoms with Crippen LogP contribution in [0.5, 0.6) is 0 Å². The third-order valence-corrected chi connectivity index (χ3v) is 3.79. The number of rotatable bonds is 3. The van der Waals surface area contributed by atoms with Crippen molar-refractivity contribution in [1.82, 2.24) is 24.4 Å². The van der Waals surface area contributed by atoms with Gasteiger partial charge in [-0.2, -0.15) is 0 Å². The lowest BCUT2D eigenvalue weighted by molar-refractivity contribution is 0.137. The summed E-state index contributed by atoms with van der Waals surface area (Å²) in [4.78, 5) is 14.6. The highest BCUT2D eigenvalue weighted by molar-refractivity contribution is 5.80. The molecule has 2 unspecified atom stereocenters. The number of hydrogen-bond donors (Lipinski definition) is 2. The number of fused-ring (bicyclic) bond motifs is 1. The summed E-state index contributed by atoms with van der Waals surface area (Å²) in [7, 11) is 0. The van der Waals surface area contributed by atoms with Crippen LogP contribution in [0.2, 0.25) is 0 Å². The predicted octanol–water partition coefficient (Wildman–Crippen LogP) is 0.0687. The van der Waals surface area contributed by atoms with Crippen molar-refractivity contribution in [1.29, 1.82) is 0 Å². The summed E-state index contributed by atoms with van der Waals surface area (Å²) in [6, 6.07) is 0. The van der Waals surface area contributed by atoms with E-state index in [9.17, 15) is 5.11 Å². The first-order valence-electron chi connectivity index (χ1n) is 6.50. The van der Waals surface area contributed by atoms with Crippen LogP contribution >= 0.6 is 0 Å². The molecule has 2 atom stereocenters. The zero-order chi connectivity index (χ0) is 13.4. The van der Waals surface area contributed by atoms with E-state index < -0.39 is 0 Å². The number of nitrogens with two attached hydrogens (primary N) is 1. The highest BCUT2D eigenvalue weighted by atomic mass is 16.3. The molecule has 3 N–H and O–H groups in total. The van der Waals surface area contributed by atoms with Crippen LogP contribution in [0.3, 0.4) is 0 Å². The number of nitrogen functional groups attached to an aromatic ring is 1. The molecule has 0 amide bonds. The number of aromatic nitrogens is 4. The summed E-state index contributed by atoms with van der Waals surface area (Å²) < 4.78 is 1.94. The van der Waals surface area contributed by atoms with Crippen molar-refractivity contribution in [3.63, 3.8) is 0 Å². The number of aliphatic hydroxyl groups excluding tert-OH is 1. The fourth-order valence-electron chi connectivity index (χ4n) is 2.68. The quantitative estimate of drug-likeness (QED) is 0.813. The SMILES string of the molecule is CCC1CN(Cn2cnc3c(N)ncnc32)CC1O. The Bertz CT molecular complexity index is 583. The van der Waals surface area contributed by atoms with Gasteiger partial charge in [-0.3, -0.25) is 4.90 Å². The number of hydrogen-bond acceptors (Lipinski definition) is 6. The minimum absolute atomic E-state index is 0.237. The standard InChI is InChI=1S/C12H18N6O/c1-2-8-3-17(4-9(8)19)7-18-6-16-10-11(13)14-5-15-12(10)18/h5-6,8-9,19H,2-4,7H2,1H3,(H2,13,14,15). The van der Waals surface area contributed by atoms with Crippen molar-refractivity contribution in [2.45, 2.75) is 26.1 Å². The van der Waals surface area contributed by atoms with Gasteiger partial charge < -0.3 is 15.4 Å². The second-order valence-electron chi connectivity index (χ2n) is 5.06. The molecule has 1 aliphatic rings. The third kappa shape index (κ3) is 2.15. The Morgan fingerprint density at radius 3 is 2.95 bits per heavy atom. The number of aliphatic hydroxyl groups is 1. The monoisotopic (exact) mass is 262 g/mol. The molecule has 19 heavy (non-hydrogen) atoms. The number of likely N-dealkylation sites (tertiary alicyclic amines) is 1. The number of β-amino-alcohol motifs (C(OH)–C–C–N with tert-alkyl or cyclic N) is 1. The Labute approximate surface area is 111 Å². The molecule has 3 rings (SSSR count). The molecule has 1 aliphatic heterocycles. The first kappa shape index (κ1) is 12.3. The van der Waals surface area contributed by atoms with Crippen LogP contribution < -0.4 is 5.73 Å². The zero-order valence-corrected chi connectivity index (χ0v) is 10.9. The Kier molecular flexibility index (Phi) is 3.08. The van der Waals surface area contributed by atoms with Crippen LogP contribution in [0.15, 0.2) is 12.7 Å². The van der Waals surface area contributed by atoms with Gasteiger partial charge in [-0.25, -0.2) is 15.0 Å². The summed E-state index contributed by atoms with van der Waals surface area (Å²) >= 11 is 0. The van der Waals surface area contributed by atoms with E-state index in [2.05, 4.69) is 26.8 Å². The van der Waals surface area contributed by atoms with E-state index in [0.717, 1.165) is 18.6 Å². The first-order valence-corrected chi connectivity index (χ1v) is 6.50. The summed E-state index contributed by atoms with van der Waals surface area (Å²) in [6.07, 6.45) is 3.93. The van der Waals surface area contributed by atoms with Crippen molar-refractivity contribution in [2.24, 2.45) is 5.92 Å². The maximum absolute atomic E-state index is 9.93. The average Bonchev–Trinajstić information content (AvgIpc) is 2.95. The van der Waals surface area contributed by atoms with E-state index in [4.69, 9.17) is 5.73 Å². The first-order chi connectivity index (χ1) is 9.19. The van der Waals surface area contributed by atoms with E-state index >= 15 is 0 Å². The average molecular weight is 262 g/mol. The topological polar surface area (TPSA) is 93.1 Å². The second-order valence-corrected chi connectivity index (χ2v) is 5.06. The molecule has 3 heterocycles. The molecule has 0 radical (unpaired) electrons. The molecule has 102 valence electrons. The highest BCUT2D eigenvalue weighted by Gasteiger charge is 2.30. The second kappa shape index (κ2) is 4.75. The summed E-state index contributed by atoms with van der Waals surface area (Å²) in [6.45, 7) is 4.37. The van der Waals surface area contributed by atoms with Crippen molar-refractivity contribution >= 4 is 17.0 Å². The van der Waals surface area contributed by atoms with Gasteiger partial charge in [-0.05, 0) is 12.3 Å². The Balaban J connectivity index is 1.81. The molecule has 0 bridgehead atoms. The van der Waals surface area contributed by atoms with Gasteiger partial charge in [0.15, 0.2) is 11.5 Å². The maximum atomic E-state index is 9.93. The van der Waals surface area contributed by atoms with Crippen LogP contribution in [0.25, 0.3) is 11.2 Å². The lowest BCUT2D eigenvalue weighted by atomic mass is 10.0. The van der Waals surface area contributed by atoms with Crippen LogP contribution in [-0.2, 0) is 6.67 Å². The van der Waals surface area contributed by atoms with Gasteiger partial charge in [-0.15, -0.1) is 0 Å². The number of imidazole rings is 1. The molecule has 0 saturated carbocycles. The normalized spacial score (nSPS) is 24.3. The van der Waals surface area contributed by atoms with Gasteiger partial charge in [0.1, 0.15) is 11.8 Å². The maximum Gasteiger partial charge on any atom is 0.166 e. The largest absolute Gasteiger partial charge is 0.391 e. The zero-order valence-electron chi connectivity index (χ0n) is 10.9. The molecule has 0 aliphatic carbocycles. The highest BCUT2D eigenvalue weighted by Crippen LogP contribution is 2.21. The van der Waals surface area contributed by atoms with Crippen molar-refractivity contribution < 1.29 is 5.11 Å². The van der Waals surface area contributed by atoms with Crippen LogP contribution in [-0.4, -0.2) is 48.7 Å². The van der Waals surface area contributed by atoms with Gasteiger partial charge in [0.2, 0.25) is 0 Å². The molecular formula is C12H18N6O. The fourth-order valence-corrected chi connectivity index (χ4v) is 2.68. The molecule has 0 aromatic carbocycles. The van der Waals surface area contributed by atoms with Crippen molar-refractivity contribution in [3.05, 3.63) is 12.7 Å². The smallest absolute Gasteiger partial charge is 0.166 e. The molecule has 1 fully saturated rings. The fraction of sp³-hybridized carbons (Fsp3) is 0.583. The predicted molar refractivity (Wildman–Crippen MR) is 71.1 cm³/mol. The molecule has 7 nitrogen and oxygen atoms in total. The summed E-state index contributed by atoms with van der Waals surface area (Å²) in [5.41, 5.74) is 7.13. The number of anilines is 1. The molecule has 7 heteroatoms. The minimum atomic E-state index is -0.237. The molecule has 2 aromatic rings. The molecule has 0 spiro atoms. The van der Waals surface area contributed by atoms with Gasteiger partial charge in [0.25, 0.3) is 0 Å². The Hall–Kier alpha value is -1.73. The van der Waals surface area contributed by atoms with E-state index in [1.54, 1.807) is 6.33 Å². The molecule has 1 saturated heterocycles. The Morgan fingerprint density at radius 1 is 1.37 bits per heavy atom. The van der Waals surface area contributed by atoms with Crippen LogP contribution in [0.4, 0.5) is 5.82 Å². The summed E-state index contributed by atoms with van der Waals surface area (Å²) in [5, 5.41) is 9.93. The minimum Gasteiger partial charge on any atom is -0.391 e. The van der Waals surface area contributed by atoms with Gasteiger partial charge >= 0.3 is 0 Å². The van der Waals surface area contributed by atoms with E-state index in [1.165, 1.54) is 6.33 Å².